The van der Waals surface area contributed by atoms with E-state index in [1.165, 1.54) is 0 Å². The van der Waals surface area contributed by atoms with Crippen molar-refractivity contribution in [2.75, 3.05) is 13.7 Å². The molecule has 1 amide bonds. The standard InChI is InChI=1S/C20H24F3N3O3S/c1-29-14-6-4-12(5-7-14)17-16(11-2-3-11)18(30-26(17)28)19(27)25-13-8-9-24-15(10-13)20(21,22)23/h4-7,11,13,15-18,24H,2-3,8-10H2,1H3/p+1. The van der Waals surface area contributed by atoms with Crippen LogP contribution in [-0.2, 0) is 4.79 Å². The monoisotopic (exact) mass is 444 g/mol. The summed E-state index contributed by atoms with van der Waals surface area (Å²) in [5.41, 5.74) is 0.824. The van der Waals surface area contributed by atoms with Gasteiger partial charge in [0.1, 0.15) is 11.8 Å². The minimum Gasteiger partial charge on any atom is -0.497 e. The van der Waals surface area contributed by atoms with Gasteiger partial charge in [-0.2, -0.15) is 13.2 Å². The van der Waals surface area contributed by atoms with Gasteiger partial charge in [-0.3, -0.25) is 4.79 Å². The number of nitroso groups, excluding NO2 is 1. The van der Waals surface area contributed by atoms with Gasteiger partial charge < -0.3 is 15.4 Å². The molecule has 0 radical (unpaired) electrons. The number of methoxy groups -OCH3 is 1. The first-order valence-electron chi connectivity index (χ1n) is 10.2. The maximum atomic E-state index is 13.0. The van der Waals surface area contributed by atoms with Gasteiger partial charge in [0.2, 0.25) is 23.9 Å². The van der Waals surface area contributed by atoms with Gasteiger partial charge in [0.15, 0.2) is 5.25 Å². The van der Waals surface area contributed by atoms with Crippen LogP contribution in [-0.4, -0.2) is 47.2 Å². The molecule has 164 valence electrons. The highest BCUT2D eigenvalue weighted by atomic mass is 32.2. The predicted molar refractivity (Wildman–Crippen MR) is 106 cm³/mol. The van der Waals surface area contributed by atoms with E-state index in [1.54, 1.807) is 19.2 Å². The molecular weight excluding hydrogens is 419 g/mol. The third kappa shape index (κ3) is 4.44. The Bertz CT molecular complexity index is 801. The fourth-order valence-corrected chi connectivity index (χ4v) is 5.78. The van der Waals surface area contributed by atoms with Crippen LogP contribution in [0.15, 0.2) is 24.3 Å². The van der Waals surface area contributed by atoms with Crippen molar-refractivity contribution in [3.63, 3.8) is 0 Å². The highest BCUT2D eigenvalue weighted by Gasteiger charge is 2.60. The molecule has 0 aromatic heterocycles. The molecule has 3 aliphatic rings. The molecule has 0 spiro atoms. The Morgan fingerprint density at radius 1 is 1.23 bits per heavy atom. The van der Waals surface area contributed by atoms with E-state index in [4.69, 9.17) is 4.74 Å². The number of alkyl halides is 3. The van der Waals surface area contributed by atoms with Gasteiger partial charge in [-0.25, -0.2) is 0 Å². The first-order chi connectivity index (χ1) is 14.3. The predicted octanol–water partition coefficient (Wildman–Crippen LogP) is 3.37. The topological polar surface area (TPSA) is 70.4 Å². The summed E-state index contributed by atoms with van der Waals surface area (Å²) in [6.45, 7) is 0.196. The molecule has 2 heterocycles. The number of halogens is 3. The first kappa shape index (κ1) is 21.4. The summed E-state index contributed by atoms with van der Waals surface area (Å²) in [5.74, 6) is 0.460. The summed E-state index contributed by atoms with van der Waals surface area (Å²) in [4.78, 5) is 25.8. The Morgan fingerprint density at radius 2 is 1.93 bits per heavy atom. The number of rotatable bonds is 5. The third-order valence-electron chi connectivity index (χ3n) is 6.19. The number of hydrogen-bond donors (Lipinski definition) is 2. The van der Waals surface area contributed by atoms with Gasteiger partial charge in [0.05, 0.1) is 17.2 Å². The molecule has 1 aromatic rings. The lowest BCUT2D eigenvalue weighted by molar-refractivity contribution is -0.428. The molecule has 3 fully saturated rings. The summed E-state index contributed by atoms with van der Waals surface area (Å²) < 4.78 is 45.2. The summed E-state index contributed by atoms with van der Waals surface area (Å²) in [7, 11) is 1.57. The van der Waals surface area contributed by atoms with Crippen molar-refractivity contribution in [1.29, 1.82) is 0 Å². The van der Waals surface area contributed by atoms with Gasteiger partial charge >= 0.3 is 6.18 Å². The van der Waals surface area contributed by atoms with E-state index in [9.17, 15) is 22.9 Å². The summed E-state index contributed by atoms with van der Waals surface area (Å²) in [6, 6.07) is 4.63. The quantitative estimate of drug-likeness (QED) is 0.538. The first-order valence-corrected chi connectivity index (χ1v) is 11.0. The molecule has 30 heavy (non-hydrogen) atoms. The molecule has 2 saturated heterocycles. The van der Waals surface area contributed by atoms with E-state index in [2.05, 4.69) is 10.6 Å². The van der Waals surface area contributed by atoms with E-state index in [0.717, 1.165) is 34.5 Å². The van der Waals surface area contributed by atoms with Crippen molar-refractivity contribution in [3.05, 3.63) is 34.7 Å². The second-order valence-corrected chi connectivity index (χ2v) is 9.30. The molecule has 1 aliphatic carbocycles. The molecule has 10 heteroatoms. The molecule has 1 aromatic carbocycles. The number of ether oxygens (including phenoxy) is 1. The van der Waals surface area contributed by atoms with Crippen LogP contribution in [0.25, 0.3) is 0 Å². The van der Waals surface area contributed by atoms with Gasteiger partial charge in [-0.15, -0.1) is 0 Å². The van der Waals surface area contributed by atoms with Crippen molar-refractivity contribution in [2.24, 2.45) is 11.8 Å². The Hall–Kier alpha value is -1.81. The van der Waals surface area contributed by atoms with E-state index >= 15 is 0 Å². The third-order valence-corrected chi connectivity index (χ3v) is 7.38. The average molecular weight is 444 g/mol. The van der Waals surface area contributed by atoms with Crippen LogP contribution in [0.3, 0.4) is 0 Å². The minimum absolute atomic E-state index is 0.166. The Morgan fingerprint density at radius 3 is 2.53 bits per heavy atom. The minimum atomic E-state index is -4.34. The highest BCUT2D eigenvalue weighted by Crippen LogP contribution is 2.54. The summed E-state index contributed by atoms with van der Waals surface area (Å²) >= 11 is 0.955. The Kier molecular flexibility index (Phi) is 5.98. The number of benzene rings is 1. The largest absolute Gasteiger partial charge is 0.497 e. The van der Waals surface area contributed by atoms with Crippen LogP contribution in [0.1, 0.15) is 37.3 Å². The molecule has 2 N–H and O–H groups in total. The average Bonchev–Trinajstić information content (AvgIpc) is 3.50. The number of carbonyl (C=O) groups excluding carboxylic acids is 1. The van der Waals surface area contributed by atoms with Crippen molar-refractivity contribution >= 4 is 17.9 Å². The summed E-state index contributed by atoms with van der Waals surface area (Å²) in [5, 5.41) is 4.67. The SMILES string of the molecule is COc1ccc(C2C(C3CC3)C(C(=O)NC3CCNC(C(F)(F)F)C3)S[N+]2=O)cc1. The maximum Gasteiger partial charge on any atom is 0.403 e. The molecule has 6 nitrogen and oxygen atoms in total. The Labute approximate surface area is 177 Å². The smallest absolute Gasteiger partial charge is 0.403 e. The van der Waals surface area contributed by atoms with Crippen LogP contribution in [0.4, 0.5) is 13.2 Å². The van der Waals surface area contributed by atoms with Crippen LogP contribution >= 0.6 is 11.9 Å². The van der Waals surface area contributed by atoms with E-state index in [1.807, 2.05) is 12.1 Å². The van der Waals surface area contributed by atoms with Gasteiger partial charge in [-0.1, -0.05) is 0 Å². The van der Waals surface area contributed by atoms with Gasteiger partial charge in [0, 0.05) is 16.5 Å². The zero-order chi connectivity index (χ0) is 21.5. The van der Waals surface area contributed by atoms with E-state index < -0.39 is 29.6 Å². The van der Waals surface area contributed by atoms with Crippen molar-refractivity contribution in [1.82, 2.24) is 10.6 Å². The van der Waals surface area contributed by atoms with Crippen molar-refractivity contribution < 1.29 is 26.9 Å². The van der Waals surface area contributed by atoms with E-state index in [-0.39, 0.29) is 30.7 Å². The second-order valence-electron chi connectivity index (χ2n) is 8.22. The molecular formula is C20H25F3N3O3S+. The number of nitrogens with one attached hydrogen (secondary N) is 2. The fourth-order valence-electron chi connectivity index (χ4n) is 4.49. The number of amides is 1. The normalized spacial score (nSPS) is 32.1. The molecule has 5 unspecified atom stereocenters. The second kappa shape index (κ2) is 8.37. The molecule has 4 rings (SSSR count). The van der Waals surface area contributed by atoms with Crippen LogP contribution in [0, 0.1) is 16.7 Å². The molecule has 5 atom stereocenters. The zero-order valence-electron chi connectivity index (χ0n) is 16.5. The maximum absolute atomic E-state index is 13.0. The number of hydrogen-bond acceptors (Lipinski definition) is 5. The molecule has 2 aliphatic heterocycles. The van der Waals surface area contributed by atoms with Gasteiger partial charge in [0.25, 0.3) is 0 Å². The summed E-state index contributed by atoms with van der Waals surface area (Å²) in [6.07, 6.45) is -2.18. The zero-order valence-corrected chi connectivity index (χ0v) is 17.3. The lowest BCUT2D eigenvalue weighted by atomic mass is 9.86. The van der Waals surface area contributed by atoms with Crippen LogP contribution in [0.2, 0.25) is 0 Å². The van der Waals surface area contributed by atoms with Crippen LogP contribution in [0.5, 0.6) is 5.75 Å². The Balaban J connectivity index is 1.48. The number of piperidine rings is 1. The van der Waals surface area contributed by atoms with Gasteiger partial charge in [-0.05, 0) is 62.4 Å². The highest BCUT2D eigenvalue weighted by molar-refractivity contribution is 7.94. The van der Waals surface area contributed by atoms with Crippen LogP contribution < -0.4 is 15.4 Å². The molecule has 0 bridgehead atoms. The van der Waals surface area contributed by atoms with Crippen molar-refractivity contribution in [3.8, 4) is 5.75 Å². The fraction of sp³-hybridized carbons (Fsp3) is 0.650. The lowest BCUT2D eigenvalue weighted by Crippen LogP contribution is -2.54. The number of nitrogens with zero attached hydrogens (tertiary/aromatic N) is 1. The lowest BCUT2D eigenvalue weighted by Gasteiger charge is -2.32. The number of carbonyl (C=O) groups is 1. The van der Waals surface area contributed by atoms with E-state index in [0.29, 0.717) is 12.2 Å². The molecule has 1 saturated carbocycles. The van der Waals surface area contributed by atoms with Crippen molar-refractivity contribution in [2.45, 2.75) is 55.2 Å².